The van der Waals surface area contributed by atoms with Gasteiger partial charge in [0.05, 0.1) is 29.2 Å². The standard InChI is InChI=1S/C25H22ClF3N6O/c26-16-3-8-21-20(10-16)22(11-23(34-21)25(27,28)29)32-17-4-6-18(7-5-17)33-24(36)15-12-31-35(14-15)19-2-1-9-30-13-19/h1-3,8-14,17-18H,4-7H2,(H,32,34)(H,33,36). The van der Waals surface area contributed by atoms with Crippen molar-refractivity contribution in [2.45, 2.75) is 43.9 Å². The van der Waals surface area contributed by atoms with Gasteiger partial charge in [-0.1, -0.05) is 11.6 Å². The molecule has 0 atom stereocenters. The highest BCUT2D eigenvalue weighted by Crippen LogP contribution is 2.35. The van der Waals surface area contributed by atoms with Gasteiger partial charge >= 0.3 is 6.18 Å². The molecule has 1 aromatic carbocycles. The number of halogens is 4. The minimum atomic E-state index is -4.56. The lowest BCUT2D eigenvalue weighted by Gasteiger charge is -2.30. The number of hydrogen-bond acceptors (Lipinski definition) is 5. The SMILES string of the molecule is O=C(NC1CCC(Nc2cc(C(F)(F)F)nc3ccc(Cl)cc23)CC1)c1cnn(-c2cccnc2)c1. The molecular formula is C25H22ClF3N6O. The van der Waals surface area contributed by atoms with Gasteiger partial charge in [0.15, 0.2) is 0 Å². The molecule has 1 amide bonds. The van der Waals surface area contributed by atoms with Crippen LogP contribution in [-0.2, 0) is 6.18 Å². The van der Waals surface area contributed by atoms with Crippen LogP contribution in [0.15, 0.2) is 61.2 Å². The molecule has 186 valence electrons. The Kier molecular flexibility index (Phi) is 6.53. The molecule has 3 aromatic heterocycles. The van der Waals surface area contributed by atoms with E-state index in [9.17, 15) is 18.0 Å². The number of carbonyl (C=O) groups is 1. The van der Waals surface area contributed by atoms with Crippen LogP contribution in [0, 0.1) is 0 Å². The van der Waals surface area contributed by atoms with Gasteiger partial charge in [-0.3, -0.25) is 9.78 Å². The summed E-state index contributed by atoms with van der Waals surface area (Å²) in [5.74, 6) is -0.217. The Morgan fingerprint density at radius 2 is 1.83 bits per heavy atom. The van der Waals surface area contributed by atoms with E-state index in [0.717, 1.165) is 11.8 Å². The largest absolute Gasteiger partial charge is 0.433 e. The maximum Gasteiger partial charge on any atom is 0.433 e. The molecular weight excluding hydrogens is 493 g/mol. The number of fused-ring (bicyclic) bond motifs is 1. The summed E-state index contributed by atoms with van der Waals surface area (Å²) in [5.41, 5.74) is 0.822. The number of nitrogens with zero attached hydrogens (tertiary/aromatic N) is 4. The number of hydrogen-bond donors (Lipinski definition) is 2. The van der Waals surface area contributed by atoms with Gasteiger partial charge in [0, 0.05) is 40.6 Å². The minimum Gasteiger partial charge on any atom is -0.382 e. The van der Waals surface area contributed by atoms with E-state index < -0.39 is 11.9 Å². The third-order valence-electron chi connectivity index (χ3n) is 6.24. The van der Waals surface area contributed by atoms with E-state index in [2.05, 4.69) is 25.7 Å². The van der Waals surface area contributed by atoms with Gasteiger partial charge in [-0.25, -0.2) is 9.67 Å². The highest BCUT2D eigenvalue weighted by molar-refractivity contribution is 6.31. The van der Waals surface area contributed by atoms with Crippen LogP contribution >= 0.6 is 11.6 Å². The van der Waals surface area contributed by atoms with Gasteiger partial charge in [0.2, 0.25) is 0 Å². The lowest BCUT2D eigenvalue weighted by molar-refractivity contribution is -0.140. The van der Waals surface area contributed by atoms with Crippen molar-refractivity contribution in [1.29, 1.82) is 0 Å². The molecule has 0 spiro atoms. The molecule has 0 bridgehead atoms. The van der Waals surface area contributed by atoms with Gasteiger partial charge < -0.3 is 10.6 Å². The smallest absolute Gasteiger partial charge is 0.382 e. The molecule has 1 aliphatic rings. The molecule has 0 aliphatic heterocycles. The molecule has 1 fully saturated rings. The summed E-state index contributed by atoms with van der Waals surface area (Å²) in [4.78, 5) is 20.5. The first kappa shape index (κ1) is 24.1. The van der Waals surface area contributed by atoms with E-state index >= 15 is 0 Å². The second-order valence-corrected chi connectivity index (χ2v) is 9.20. The number of nitrogens with one attached hydrogen (secondary N) is 2. The third kappa shape index (κ3) is 5.28. The Morgan fingerprint density at radius 3 is 2.56 bits per heavy atom. The normalized spacial score (nSPS) is 18.2. The maximum absolute atomic E-state index is 13.4. The summed E-state index contributed by atoms with van der Waals surface area (Å²) < 4.78 is 41.8. The third-order valence-corrected chi connectivity index (χ3v) is 6.47. The second-order valence-electron chi connectivity index (χ2n) is 8.77. The second kappa shape index (κ2) is 9.77. The van der Waals surface area contributed by atoms with Gasteiger partial charge in [-0.2, -0.15) is 18.3 Å². The van der Waals surface area contributed by atoms with Crippen molar-refractivity contribution in [3.05, 3.63) is 77.5 Å². The topological polar surface area (TPSA) is 84.7 Å². The summed E-state index contributed by atoms with van der Waals surface area (Å²) in [7, 11) is 0. The molecule has 0 unspecified atom stereocenters. The Hall–Kier alpha value is -3.66. The van der Waals surface area contributed by atoms with E-state index in [0.29, 0.717) is 47.3 Å². The predicted octanol–water partition coefficient (Wildman–Crippen LogP) is 5.64. The molecule has 1 saturated carbocycles. The van der Waals surface area contributed by atoms with E-state index in [1.165, 1.54) is 18.3 Å². The Bertz CT molecular complexity index is 1380. The Morgan fingerprint density at radius 1 is 1.06 bits per heavy atom. The fourth-order valence-electron chi connectivity index (χ4n) is 4.40. The van der Waals surface area contributed by atoms with Crippen LogP contribution in [0.1, 0.15) is 41.7 Å². The molecule has 36 heavy (non-hydrogen) atoms. The van der Waals surface area contributed by atoms with E-state index in [1.54, 1.807) is 35.4 Å². The first-order valence-corrected chi connectivity index (χ1v) is 11.8. The van der Waals surface area contributed by atoms with Crippen LogP contribution in [0.4, 0.5) is 18.9 Å². The van der Waals surface area contributed by atoms with Crippen molar-refractivity contribution in [1.82, 2.24) is 25.1 Å². The monoisotopic (exact) mass is 514 g/mol. The Labute approximate surface area is 209 Å². The molecule has 1 aliphatic carbocycles. The van der Waals surface area contributed by atoms with Crippen molar-refractivity contribution >= 4 is 34.1 Å². The van der Waals surface area contributed by atoms with E-state index in [4.69, 9.17) is 11.6 Å². The molecule has 4 aromatic rings. The summed E-state index contributed by atoms with van der Waals surface area (Å²) in [6.07, 6.45) is 4.67. The number of carbonyl (C=O) groups excluding carboxylic acids is 1. The number of amides is 1. The van der Waals surface area contributed by atoms with Crippen molar-refractivity contribution in [3.63, 3.8) is 0 Å². The fraction of sp³-hybridized carbons (Fsp3) is 0.280. The summed E-state index contributed by atoms with van der Waals surface area (Å²) >= 11 is 6.09. The van der Waals surface area contributed by atoms with Crippen LogP contribution in [0.5, 0.6) is 0 Å². The predicted molar refractivity (Wildman–Crippen MR) is 130 cm³/mol. The first-order chi connectivity index (χ1) is 17.3. The van der Waals surface area contributed by atoms with Crippen molar-refractivity contribution in [3.8, 4) is 5.69 Å². The zero-order valence-corrected chi connectivity index (χ0v) is 19.7. The Balaban J connectivity index is 1.23. The number of rotatable bonds is 5. The molecule has 2 N–H and O–H groups in total. The average molecular weight is 515 g/mol. The van der Waals surface area contributed by atoms with E-state index in [1.807, 2.05) is 6.07 Å². The number of alkyl halides is 3. The van der Waals surface area contributed by atoms with Gasteiger partial charge in [-0.05, 0) is 62.1 Å². The minimum absolute atomic E-state index is 0.0355. The average Bonchev–Trinajstić information content (AvgIpc) is 3.36. The summed E-state index contributed by atoms with van der Waals surface area (Å²) in [6.45, 7) is 0. The van der Waals surface area contributed by atoms with E-state index in [-0.39, 0.29) is 23.5 Å². The molecule has 0 radical (unpaired) electrons. The molecule has 0 saturated heterocycles. The van der Waals surface area contributed by atoms with Gasteiger partial charge in [-0.15, -0.1) is 0 Å². The van der Waals surface area contributed by atoms with Crippen LogP contribution in [0.2, 0.25) is 5.02 Å². The highest BCUT2D eigenvalue weighted by Gasteiger charge is 2.34. The number of pyridine rings is 2. The quantitative estimate of drug-likeness (QED) is 0.360. The zero-order chi connectivity index (χ0) is 25.3. The van der Waals surface area contributed by atoms with Crippen LogP contribution < -0.4 is 10.6 Å². The molecule has 5 rings (SSSR count). The van der Waals surface area contributed by atoms with Crippen molar-refractivity contribution in [2.75, 3.05) is 5.32 Å². The molecule has 11 heteroatoms. The zero-order valence-electron chi connectivity index (χ0n) is 19.0. The molecule has 3 heterocycles. The number of benzene rings is 1. The molecule has 7 nitrogen and oxygen atoms in total. The van der Waals surface area contributed by atoms with Gasteiger partial charge in [0.1, 0.15) is 5.69 Å². The number of anilines is 1. The first-order valence-electron chi connectivity index (χ1n) is 11.5. The summed E-state index contributed by atoms with van der Waals surface area (Å²) in [5, 5.41) is 11.5. The lowest BCUT2D eigenvalue weighted by atomic mass is 9.90. The van der Waals surface area contributed by atoms with Crippen molar-refractivity contribution in [2.24, 2.45) is 0 Å². The summed E-state index contributed by atoms with van der Waals surface area (Å²) in [6, 6.07) is 9.21. The van der Waals surface area contributed by atoms with Crippen LogP contribution in [0.3, 0.4) is 0 Å². The maximum atomic E-state index is 13.4. The number of aromatic nitrogens is 4. The lowest BCUT2D eigenvalue weighted by Crippen LogP contribution is -2.40. The fourth-order valence-corrected chi connectivity index (χ4v) is 4.58. The highest BCUT2D eigenvalue weighted by atomic mass is 35.5. The van der Waals surface area contributed by atoms with Gasteiger partial charge in [0.25, 0.3) is 5.91 Å². The van der Waals surface area contributed by atoms with Crippen LogP contribution in [0.25, 0.3) is 16.6 Å². The van der Waals surface area contributed by atoms with Crippen molar-refractivity contribution < 1.29 is 18.0 Å². The van der Waals surface area contributed by atoms with Crippen LogP contribution in [-0.4, -0.2) is 37.7 Å².